The van der Waals surface area contributed by atoms with Crippen molar-refractivity contribution < 1.29 is 12.8 Å². The van der Waals surface area contributed by atoms with E-state index in [4.69, 9.17) is 4.42 Å². The highest BCUT2D eigenvalue weighted by atomic mass is 32.2. The SMILES string of the molecule is CCCNCCCc1ncc(C(C)(C)S(C)(=O)=O)o1. The molecule has 19 heavy (non-hydrogen) atoms. The zero-order chi connectivity index (χ0) is 14.5. The Balaban J connectivity index is 2.58. The molecular weight excluding hydrogens is 264 g/mol. The summed E-state index contributed by atoms with van der Waals surface area (Å²) in [6.07, 6.45) is 5.50. The van der Waals surface area contributed by atoms with Crippen molar-refractivity contribution in [2.24, 2.45) is 0 Å². The molecule has 0 aromatic carbocycles. The highest BCUT2D eigenvalue weighted by Gasteiger charge is 2.36. The van der Waals surface area contributed by atoms with Crippen molar-refractivity contribution in [2.45, 2.75) is 44.8 Å². The van der Waals surface area contributed by atoms with Crippen LogP contribution in [0, 0.1) is 0 Å². The predicted molar refractivity (Wildman–Crippen MR) is 75.9 cm³/mol. The quantitative estimate of drug-likeness (QED) is 0.740. The largest absolute Gasteiger partial charge is 0.444 e. The first kappa shape index (κ1) is 16.2. The minimum Gasteiger partial charge on any atom is -0.444 e. The van der Waals surface area contributed by atoms with Crippen molar-refractivity contribution in [1.82, 2.24) is 10.3 Å². The third kappa shape index (κ3) is 4.31. The van der Waals surface area contributed by atoms with Gasteiger partial charge in [0.25, 0.3) is 0 Å². The van der Waals surface area contributed by atoms with Crippen molar-refractivity contribution in [2.75, 3.05) is 19.3 Å². The fraction of sp³-hybridized carbons (Fsp3) is 0.769. The van der Waals surface area contributed by atoms with E-state index in [1.165, 1.54) is 12.5 Å². The molecule has 0 aliphatic carbocycles. The fourth-order valence-electron chi connectivity index (χ4n) is 1.55. The van der Waals surface area contributed by atoms with E-state index in [1.54, 1.807) is 13.8 Å². The number of nitrogens with zero attached hydrogens (tertiary/aromatic N) is 1. The molecule has 0 bridgehead atoms. The lowest BCUT2D eigenvalue weighted by Gasteiger charge is -2.18. The first-order valence-electron chi connectivity index (χ1n) is 6.64. The van der Waals surface area contributed by atoms with E-state index in [0.717, 1.165) is 32.4 Å². The summed E-state index contributed by atoms with van der Waals surface area (Å²) in [6, 6.07) is 0. The summed E-state index contributed by atoms with van der Waals surface area (Å²) >= 11 is 0. The normalized spacial score (nSPS) is 12.8. The second-order valence-electron chi connectivity index (χ2n) is 5.25. The highest BCUT2D eigenvalue weighted by Crippen LogP contribution is 2.29. The Labute approximate surface area is 115 Å². The molecule has 0 fully saturated rings. The molecule has 0 spiro atoms. The summed E-state index contributed by atoms with van der Waals surface area (Å²) in [4.78, 5) is 4.15. The molecule has 0 atom stereocenters. The average molecular weight is 288 g/mol. The summed E-state index contributed by atoms with van der Waals surface area (Å²) in [5.41, 5.74) is 0. The van der Waals surface area contributed by atoms with Crippen molar-refractivity contribution in [3.63, 3.8) is 0 Å². The molecule has 5 nitrogen and oxygen atoms in total. The van der Waals surface area contributed by atoms with E-state index in [1.807, 2.05) is 0 Å². The second kappa shape index (κ2) is 6.52. The average Bonchev–Trinajstić information content (AvgIpc) is 2.76. The van der Waals surface area contributed by atoms with Gasteiger partial charge in [-0.1, -0.05) is 6.92 Å². The minimum absolute atomic E-state index is 0.409. The molecule has 1 N–H and O–H groups in total. The molecule has 1 aromatic rings. The molecule has 6 heteroatoms. The van der Waals surface area contributed by atoms with Gasteiger partial charge in [-0.05, 0) is 39.8 Å². The van der Waals surface area contributed by atoms with Crippen molar-refractivity contribution in [3.8, 4) is 0 Å². The Morgan fingerprint density at radius 3 is 2.63 bits per heavy atom. The first-order valence-corrected chi connectivity index (χ1v) is 8.53. The van der Waals surface area contributed by atoms with E-state index < -0.39 is 14.6 Å². The number of nitrogens with one attached hydrogen (secondary N) is 1. The van der Waals surface area contributed by atoms with Gasteiger partial charge in [-0.3, -0.25) is 0 Å². The Kier molecular flexibility index (Phi) is 5.55. The van der Waals surface area contributed by atoms with Crippen LogP contribution in [0.15, 0.2) is 10.6 Å². The summed E-state index contributed by atoms with van der Waals surface area (Å²) < 4.78 is 27.9. The molecule has 1 heterocycles. The number of hydrogen-bond acceptors (Lipinski definition) is 5. The predicted octanol–water partition coefficient (Wildman–Crippen LogP) is 1.89. The number of rotatable bonds is 8. The van der Waals surface area contributed by atoms with Gasteiger partial charge < -0.3 is 9.73 Å². The molecule has 0 amide bonds. The molecule has 0 saturated carbocycles. The highest BCUT2D eigenvalue weighted by molar-refractivity contribution is 7.91. The second-order valence-corrected chi connectivity index (χ2v) is 7.82. The van der Waals surface area contributed by atoms with E-state index in [0.29, 0.717) is 11.7 Å². The maximum absolute atomic E-state index is 11.7. The van der Waals surface area contributed by atoms with E-state index >= 15 is 0 Å². The maximum atomic E-state index is 11.7. The van der Waals surface area contributed by atoms with Gasteiger partial charge in [0.1, 0.15) is 10.5 Å². The van der Waals surface area contributed by atoms with E-state index in [2.05, 4.69) is 17.2 Å². The molecule has 0 radical (unpaired) electrons. The minimum atomic E-state index is -3.22. The van der Waals surface area contributed by atoms with Crippen LogP contribution >= 0.6 is 0 Å². The number of hydrogen-bond donors (Lipinski definition) is 1. The summed E-state index contributed by atoms with van der Waals surface area (Å²) in [5, 5.41) is 3.30. The molecule has 1 rings (SSSR count). The van der Waals surface area contributed by atoms with E-state index in [-0.39, 0.29) is 0 Å². The Bertz CT molecular complexity index is 492. The molecule has 0 unspecified atom stereocenters. The van der Waals surface area contributed by atoms with Crippen LogP contribution in [0.3, 0.4) is 0 Å². The van der Waals surface area contributed by atoms with Crippen LogP contribution < -0.4 is 5.32 Å². The summed E-state index contributed by atoms with van der Waals surface area (Å²) in [5.74, 6) is 1.01. The van der Waals surface area contributed by atoms with Gasteiger partial charge in [-0.25, -0.2) is 13.4 Å². The van der Waals surface area contributed by atoms with Crippen LogP contribution in [0.1, 0.15) is 45.3 Å². The molecule has 0 aliphatic heterocycles. The summed E-state index contributed by atoms with van der Waals surface area (Å²) in [7, 11) is -3.22. The van der Waals surface area contributed by atoms with Gasteiger partial charge in [0.05, 0.1) is 6.20 Å². The zero-order valence-corrected chi connectivity index (χ0v) is 13.0. The van der Waals surface area contributed by atoms with Crippen LogP contribution in [-0.4, -0.2) is 32.7 Å². The third-order valence-corrected chi connectivity index (χ3v) is 5.30. The van der Waals surface area contributed by atoms with Crippen LogP contribution in [-0.2, 0) is 21.0 Å². The number of sulfone groups is 1. The van der Waals surface area contributed by atoms with Crippen LogP contribution in [0.2, 0.25) is 0 Å². The molecular formula is C13H24N2O3S. The van der Waals surface area contributed by atoms with Crippen molar-refractivity contribution >= 4 is 9.84 Å². The molecule has 0 aliphatic rings. The van der Waals surface area contributed by atoms with E-state index in [9.17, 15) is 8.42 Å². The maximum Gasteiger partial charge on any atom is 0.194 e. The topological polar surface area (TPSA) is 72.2 Å². The third-order valence-electron chi connectivity index (χ3n) is 3.24. The van der Waals surface area contributed by atoms with Gasteiger partial charge in [-0.2, -0.15) is 0 Å². The van der Waals surface area contributed by atoms with Gasteiger partial charge in [0, 0.05) is 12.7 Å². The molecule has 110 valence electrons. The lowest BCUT2D eigenvalue weighted by atomic mass is 10.2. The standard InChI is InChI=1S/C13H24N2O3S/c1-5-8-14-9-6-7-12-15-10-11(18-12)13(2,3)19(4,16)17/h10,14H,5-9H2,1-4H3. The summed E-state index contributed by atoms with van der Waals surface area (Å²) in [6.45, 7) is 7.32. The zero-order valence-electron chi connectivity index (χ0n) is 12.2. The Morgan fingerprint density at radius 1 is 1.37 bits per heavy atom. The van der Waals surface area contributed by atoms with Crippen molar-refractivity contribution in [1.29, 1.82) is 0 Å². The van der Waals surface area contributed by atoms with Gasteiger partial charge in [-0.15, -0.1) is 0 Å². The Morgan fingerprint density at radius 2 is 2.05 bits per heavy atom. The smallest absolute Gasteiger partial charge is 0.194 e. The van der Waals surface area contributed by atoms with Gasteiger partial charge in [0.15, 0.2) is 15.7 Å². The van der Waals surface area contributed by atoms with Crippen LogP contribution in [0.5, 0.6) is 0 Å². The van der Waals surface area contributed by atoms with Gasteiger partial charge >= 0.3 is 0 Å². The first-order chi connectivity index (χ1) is 8.79. The van der Waals surface area contributed by atoms with Crippen LogP contribution in [0.25, 0.3) is 0 Å². The number of oxazole rings is 1. The molecule has 1 aromatic heterocycles. The lowest BCUT2D eigenvalue weighted by Crippen LogP contribution is -2.27. The fourth-order valence-corrected chi connectivity index (χ4v) is 2.01. The molecule has 0 saturated heterocycles. The van der Waals surface area contributed by atoms with Gasteiger partial charge in [0.2, 0.25) is 0 Å². The van der Waals surface area contributed by atoms with Crippen molar-refractivity contribution in [3.05, 3.63) is 17.8 Å². The number of aryl methyl sites for hydroxylation is 1. The van der Waals surface area contributed by atoms with Crippen LogP contribution in [0.4, 0.5) is 0 Å². The monoisotopic (exact) mass is 288 g/mol. The lowest BCUT2D eigenvalue weighted by molar-refractivity contribution is 0.409. The Hall–Kier alpha value is -0.880. The number of aromatic nitrogens is 1.